The Bertz CT molecular complexity index is 81.0. The van der Waals surface area contributed by atoms with Crippen molar-refractivity contribution in [3.8, 4) is 0 Å². The van der Waals surface area contributed by atoms with Crippen molar-refractivity contribution in [2.75, 3.05) is 0 Å². The second kappa shape index (κ2) is 31.3. The zero-order valence-corrected chi connectivity index (χ0v) is 16.6. The van der Waals surface area contributed by atoms with Gasteiger partial charge in [-0.2, -0.15) is 6.42 Å². The van der Waals surface area contributed by atoms with Crippen LogP contribution >= 0.6 is 0 Å². The Labute approximate surface area is 140 Å². The molecule has 19 heavy (non-hydrogen) atoms. The Morgan fingerprint density at radius 1 is 0.737 bits per heavy atom. The molecular formula is C15H37O3Zr-. The second-order valence-electron chi connectivity index (χ2n) is 4.84. The third-order valence-electron chi connectivity index (χ3n) is 0.854. The fourth-order valence-electron chi connectivity index (χ4n) is 0.427. The Morgan fingerprint density at radius 3 is 1.00 bits per heavy atom. The molecule has 3 nitrogen and oxygen atoms in total. The van der Waals surface area contributed by atoms with Crippen molar-refractivity contribution in [2.24, 2.45) is 0 Å². The van der Waals surface area contributed by atoms with Gasteiger partial charge in [0.2, 0.25) is 0 Å². The first kappa shape index (κ1) is 31.9. The molecule has 0 fully saturated rings. The first-order valence-electron chi connectivity index (χ1n) is 6.95. The van der Waals surface area contributed by atoms with Crippen LogP contribution in [-0.4, -0.2) is 33.6 Å². The molecule has 4 heteroatoms. The Hall–Kier alpha value is 0.763. The minimum Gasteiger partial charge on any atom is -0.394 e. The van der Waals surface area contributed by atoms with E-state index >= 15 is 0 Å². The Kier molecular flexibility index (Phi) is 52.5. The molecule has 0 atom stereocenters. The first-order chi connectivity index (χ1) is 8.11. The maximum absolute atomic E-state index is 8.06. The van der Waals surface area contributed by atoms with Gasteiger partial charge in [0.1, 0.15) is 0 Å². The van der Waals surface area contributed by atoms with Gasteiger partial charge in [0.05, 0.1) is 0 Å². The zero-order chi connectivity index (χ0) is 15.6. The molecule has 0 bridgehead atoms. The van der Waals surface area contributed by atoms with Gasteiger partial charge in [0.15, 0.2) is 0 Å². The van der Waals surface area contributed by atoms with Crippen molar-refractivity contribution in [3.63, 3.8) is 0 Å². The van der Waals surface area contributed by atoms with E-state index in [1.54, 1.807) is 41.5 Å². The summed E-state index contributed by atoms with van der Waals surface area (Å²) >= 11 is 0. The van der Waals surface area contributed by atoms with E-state index in [9.17, 15) is 0 Å². The normalized spacial score (nSPS) is 8.53. The SMILES string of the molecule is CC(C)O.CC(C)O.CC(C)O.[CH2-]CCCCC.[Zr]. The molecular weight excluding hydrogens is 319 g/mol. The van der Waals surface area contributed by atoms with E-state index in [1.165, 1.54) is 19.3 Å². The molecule has 120 valence electrons. The van der Waals surface area contributed by atoms with Crippen LogP contribution in [0.25, 0.3) is 0 Å². The van der Waals surface area contributed by atoms with E-state index in [0.29, 0.717) is 0 Å². The summed E-state index contributed by atoms with van der Waals surface area (Å²) in [5.74, 6) is 0. The molecule has 0 aliphatic heterocycles. The summed E-state index contributed by atoms with van der Waals surface area (Å²) in [7, 11) is 0. The van der Waals surface area contributed by atoms with Crippen LogP contribution in [0.1, 0.15) is 74.1 Å². The van der Waals surface area contributed by atoms with Crippen LogP contribution in [-0.2, 0) is 26.2 Å². The predicted octanol–water partition coefficient (Wildman–Crippen LogP) is 3.56. The van der Waals surface area contributed by atoms with Crippen molar-refractivity contribution in [2.45, 2.75) is 92.5 Å². The predicted molar refractivity (Wildman–Crippen MR) is 81.6 cm³/mol. The third-order valence-corrected chi connectivity index (χ3v) is 0.854. The quantitative estimate of drug-likeness (QED) is 0.535. The van der Waals surface area contributed by atoms with E-state index in [-0.39, 0.29) is 44.5 Å². The van der Waals surface area contributed by atoms with Gasteiger partial charge in [0.25, 0.3) is 0 Å². The number of hydrogen-bond acceptors (Lipinski definition) is 3. The van der Waals surface area contributed by atoms with E-state index in [1.807, 2.05) is 0 Å². The minimum atomic E-state index is -0.167. The standard InChI is InChI=1S/C6H13.3C3H8O.Zr/c1-3-5-6-4-2;3*1-3(2)4;/h1,3-6H2,2H3;3*3-4H,1-2H3;/q-1;;;;. The van der Waals surface area contributed by atoms with Gasteiger partial charge in [-0.25, -0.2) is 0 Å². The van der Waals surface area contributed by atoms with Gasteiger partial charge in [-0.3, -0.25) is 0 Å². The second-order valence-corrected chi connectivity index (χ2v) is 4.84. The van der Waals surface area contributed by atoms with E-state index in [4.69, 9.17) is 15.3 Å². The average Bonchev–Trinajstić information content (AvgIpc) is 2.11. The molecule has 3 N–H and O–H groups in total. The maximum atomic E-state index is 8.06. The molecule has 0 radical (unpaired) electrons. The Balaban J connectivity index is -0.0000000459. The summed E-state index contributed by atoms with van der Waals surface area (Å²) in [6.07, 6.45) is 4.57. The molecule has 0 aliphatic rings. The number of hydrogen-bond donors (Lipinski definition) is 3. The van der Waals surface area contributed by atoms with Crippen LogP contribution in [0.2, 0.25) is 0 Å². The van der Waals surface area contributed by atoms with Gasteiger partial charge in [-0.05, 0) is 41.5 Å². The van der Waals surface area contributed by atoms with Crippen LogP contribution in [0.4, 0.5) is 0 Å². The van der Waals surface area contributed by atoms with E-state index in [0.717, 1.165) is 6.42 Å². The summed E-state index contributed by atoms with van der Waals surface area (Å²) in [4.78, 5) is 0. The summed E-state index contributed by atoms with van der Waals surface area (Å²) in [6.45, 7) is 16.3. The number of rotatable bonds is 3. The molecule has 0 aromatic rings. The van der Waals surface area contributed by atoms with Crippen LogP contribution < -0.4 is 0 Å². The molecule has 0 heterocycles. The van der Waals surface area contributed by atoms with Gasteiger partial charge < -0.3 is 22.2 Å². The van der Waals surface area contributed by atoms with E-state index in [2.05, 4.69) is 13.8 Å². The van der Waals surface area contributed by atoms with Gasteiger partial charge in [-0.1, -0.05) is 26.2 Å². The van der Waals surface area contributed by atoms with Crippen LogP contribution in [0.5, 0.6) is 0 Å². The first-order valence-corrected chi connectivity index (χ1v) is 6.95. The van der Waals surface area contributed by atoms with Crippen molar-refractivity contribution in [1.29, 1.82) is 0 Å². The molecule has 0 saturated carbocycles. The smallest absolute Gasteiger partial charge is 0.0483 e. The number of aliphatic hydroxyl groups is 3. The molecule has 0 aromatic heterocycles. The van der Waals surface area contributed by atoms with Gasteiger partial charge in [0, 0.05) is 44.5 Å². The fourth-order valence-corrected chi connectivity index (χ4v) is 0.427. The van der Waals surface area contributed by atoms with Gasteiger partial charge in [-0.15, -0.1) is 0 Å². The Morgan fingerprint density at radius 2 is 0.947 bits per heavy atom. The molecule has 0 saturated heterocycles. The molecule has 0 aliphatic carbocycles. The molecule has 0 amide bonds. The zero-order valence-electron chi connectivity index (χ0n) is 14.1. The summed E-state index contributed by atoms with van der Waals surface area (Å²) < 4.78 is 0. The maximum Gasteiger partial charge on any atom is 0.0483 e. The number of unbranched alkanes of at least 4 members (excludes halogenated alkanes) is 3. The van der Waals surface area contributed by atoms with Gasteiger partial charge >= 0.3 is 0 Å². The molecule has 0 rings (SSSR count). The third kappa shape index (κ3) is 372. The van der Waals surface area contributed by atoms with Crippen molar-refractivity contribution < 1.29 is 41.5 Å². The fraction of sp³-hybridized carbons (Fsp3) is 0.933. The van der Waals surface area contributed by atoms with Crippen molar-refractivity contribution in [3.05, 3.63) is 6.92 Å². The topological polar surface area (TPSA) is 60.7 Å². The molecule has 0 spiro atoms. The monoisotopic (exact) mass is 355 g/mol. The van der Waals surface area contributed by atoms with Crippen LogP contribution in [0.3, 0.4) is 0 Å². The minimum absolute atomic E-state index is 0. The van der Waals surface area contributed by atoms with Crippen LogP contribution in [0.15, 0.2) is 0 Å². The molecule has 0 unspecified atom stereocenters. The van der Waals surface area contributed by atoms with Crippen molar-refractivity contribution in [1.82, 2.24) is 0 Å². The van der Waals surface area contributed by atoms with Crippen molar-refractivity contribution >= 4 is 0 Å². The van der Waals surface area contributed by atoms with Crippen LogP contribution in [0, 0.1) is 6.92 Å². The summed E-state index contributed by atoms with van der Waals surface area (Å²) in [6, 6.07) is 0. The number of aliphatic hydroxyl groups excluding tert-OH is 3. The summed E-state index contributed by atoms with van der Waals surface area (Å²) in [5, 5.41) is 24.2. The van der Waals surface area contributed by atoms with E-state index < -0.39 is 0 Å². The average molecular weight is 357 g/mol. The largest absolute Gasteiger partial charge is 0.394 e. The molecule has 0 aromatic carbocycles. The summed E-state index contributed by atoms with van der Waals surface area (Å²) in [5.41, 5.74) is 0.